The third-order valence-corrected chi connectivity index (χ3v) is 14.5. The Hall–Kier alpha value is -7.28. The Morgan fingerprint density at radius 3 is 1.18 bits per heavy atom. The van der Waals surface area contributed by atoms with Crippen molar-refractivity contribution >= 4 is 55.6 Å². The Kier molecular flexibility index (Phi) is 10.1. The summed E-state index contributed by atoms with van der Waals surface area (Å²) in [6.07, 6.45) is 10.2. The standard InChI is InChI=1S/C55H34F6N4S2/c1-31-45(25-49(66-31)41-21-37(35-11-7-15-62-27-35)19-39(23-41)43-17-33-9-3-5-13-47(33)64-29-43)51-52(54(58,59)55(60,61)53(51,56)57)46-26-50(67-32(46)2)42-22-38(36-12-8-16-63-28-36)20-40(24-42)44-18-34-10-4-6-14-48(34)65-30-44/h3-30H,1-2H3. The van der Waals surface area contributed by atoms with Crippen LogP contribution in [0.15, 0.2) is 171 Å². The van der Waals surface area contributed by atoms with E-state index >= 15 is 26.3 Å². The van der Waals surface area contributed by atoms with Crippen molar-refractivity contribution in [3.8, 4) is 65.4 Å². The Labute approximate surface area is 388 Å². The van der Waals surface area contributed by atoms with E-state index < -0.39 is 28.9 Å². The summed E-state index contributed by atoms with van der Waals surface area (Å²) in [6, 6.07) is 40.7. The van der Waals surface area contributed by atoms with Gasteiger partial charge in [-0.15, -0.1) is 22.7 Å². The minimum Gasteiger partial charge on any atom is -0.264 e. The van der Waals surface area contributed by atoms with Crippen LogP contribution in [0.25, 0.3) is 98.3 Å². The van der Waals surface area contributed by atoms with Gasteiger partial charge in [0.25, 0.3) is 0 Å². The van der Waals surface area contributed by atoms with Gasteiger partial charge in [-0.25, -0.2) is 0 Å². The second-order valence-corrected chi connectivity index (χ2v) is 19.1. The summed E-state index contributed by atoms with van der Waals surface area (Å²) in [6.45, 7) is 2.99. The van der Waals surface area contributed by atoms with Gasteiger partial charge in [0.15, 0.2) is 0 Å². The summed E-state index contributed by atoms with van der Waals surface area (Å²) >= 11 is 2.15. The number of alkyl halides is 6. The molecule has 0 saturated carbocycles. The molecule has 328 valence electrons. The molecule has 0 N–H and O–H groups in total. The zero-order valence-electron chi connectivity index (χ0n) is 35.5. The van der Waals surface area contributed by atoms with Crippen molar-refractivity contribution < 1.29 is 26.3 Å². The van der Waals surface area contributed by atoms with E-state index in [9.17, 15) is 0 Å². The zero-order chi connectivity index (χ0) is 46.2. The first-order valence-corrected chi connectivity index (χ1v) is 22.8. The molecule has 67 heavy (non-hydrogen) atoms. The van der Waals surface area contributed by atoms with Crippen LogP contribution in [0.2, 0.25) is 0 Å². The molecule has 0 radical (unpaired) electrons. The van der Waals surface area contributed by atoms with Gasteiger partial charge >= 0.3 is 17.8 Å². The van der Waals surface area contributed by atoms with Gasteiger partial charge in [0.2, 0.25) is 0 Å². The SMILES string of the molecule is Cc1sc(-c2cc(-c3cccnc3)cc(-c3cnc4ccccc4c3)c2)cc1C1=C(c2cc(-c3cc(-c4cccnc4)cc(-c4cnc5ccccc5c4)c3)sc2C)C(F)(F)C(F)(F)C1(F)F. The molecule has 6 heterocycles. The highest BCUT2D eigenvalue weighted by molar-refractivity contribution is 7.16. The van der Waals surface area contributed by atoms with Crippen LogP contribution in [0.3, 0.4) is 0 Å². The third kappa shape index (κ3) is 7.13. The second kappa shape index (κ2) is 16.0. The van der Waals surface area contributed by atoms with Crippen LogP contribution < -0.4 is 0 Å². The Balaban J connectivity index is 1.07. The number of hydrogen-bond acceptors (Lipinski definition) is 6. The predicted molar refractivity (Wildman–Crippen MR) is 259 cm³/mol. The molecular formula is C55H34F6N4S2. The van der Waals surface area contributed by atoms with Crippen molar-refractivity contribution in [3.05, 3.63) is 192 Å². The molecule has 0 unspecified atom stereocenters. The number of allylic oxidation sites excluding steroid dienone is 2. The Bertz CT molecular complexity index is 3370. The van der Waals surface area contributed by atoms with Gasteiger partial charge in [-0.2, -0.15) is 26.3 Å². The molecule has 0 bridgehead atoms. The largest absolute Gasteiger partial charge is 0.380 e. The number of halogens is 6. The third-order valence-electron chi connectivity index (χ3n) is 12.3. The molecule has 1 aliphatic rings. The molecule has 0 spiro atoms. The van der Waals surface area contributed by atoms with E-state index in [0.717, 1.165) is 89.0 Å². The maximum absolute atomic E-state index is 16.5. The lowest BCUT2D eigenvalue weighted by Crippen LogP contribution is -2.48. The summed E-state index contributed by atoms with van der Waals surface area (Å²) in [5, 5.41) is 1.81. The quantitative estimate of drug-likeness (QED) is 0.143. The van der Waals surface area contributed by atoms with Crippen molar-refractivity contribution in [2.24, 2.45) is 0 Å². The molecule has 0 aliphatic heterocycles. The van der Waals surface area contributed by atoms with Crippen molar-refractivity contribution in [3.63, 3.8) is 0 Å². The molecule has 11 rings (SSSR count). The minimum absolute atomic E-state index is 0.183. The van der Waals surface area contributed by atoms with Crippen molar-refractivity contribution in [2.45, 2.75) is 31.6 Å². The molecule has 4 nitrogen and oxygen atoms in total. The highest BCUT2D eigenvalue weighted by Gasteiger charge is 2.80. The minimum atomic E-state index is -5.74. The lowest BCUT2D eigenvalue weighted by atomic mass is 9.93. The molecule has 0 saturated heterocycles. The van der Waals surface area contributed by atoms with Crippen LogP contribution in [0.1, 0.15) is 20.9 Å². The lowest BCUT2D eigenvalue weighted by Gasteiger charge is -2.25. The van der Waals surface area contributed by atoms with Gasteiger partial charge in [-0.3, -0.25) is 19.9 Å². The van der Waals surface area contributed by atoms with Crippen LogP contribution in [0, 0.1) is 13.8 Å². The molecule has 4 aromatic carbocycles. The number of benzene rings is 4. The van der Waals surface area contributed by atoms with Gasteiger partial charge in [-0.1, -0.05) is 48.5 Å². The first kappa shape index (κ1) is 42.4. The maximum atomic E-state index is 16.5. The number of para-hydroxylation sites is 2. The van der Waals surface area contributed by atoms with Crippen LogP contribution >= 0.6 is 22.7 Å². The normalized spacial score (nSPS) is 15.2. The molecule has 1 aliphatic carbocycles. The van der Waals surface area contributed by atoms with Crippen LogP contribution in [0.5, 0.6) is 0 Å². The van der Waals surface area contributed by atoms with E-state index in [4.69, 9.17) is 0 Å². The highest BCUT2D eigenvalue weighted by atomic mass is 32.1. The molecular weight excluding hydrogens is 895 g/mol. The predicted octanol–water partition coefficient (Wildman–Crippen LogP) is 16.1. The number of thiophene rings is 2. The van der Waals surface area contributed by atoms with Gasteiger partial charge < -0.3 is 0 Å². The maximum Gasteiger partial charge on any atom is 0.380 e. The molecule has 6 aromatic heterocycles. The number of hydrogen-bond donors (Lipinski definition) is 0. The fraction of sp³-hybridized carbons (Fsp3) is 0.0909. The Morgan fingerprint density at radius 1 is 0.388 bits per heavy atom. The smallest absolute Gasteiger partial charge is 0.264 e. The zero-order valence-corrected chi connectivity index (χ0v) is 37.2. The van der Waals surface area contributed by atoms with Crippen LogP contribution in [0.4, 0.5) is 26.3 Å². The molecule has 0 fully saturated rings. The molecule has 0 amide bonds. The number of rotatable bonds is 8. The number of nitrogens with zero attached hydrogens (tertiary/aromatic N) is 4. The highest BCUT2D eigenvalue weighted by Crippen LogP contribution is 2.66. The first-order valence-electron chi connectivity index (χ1n) is 21.2. The summed E-state index contributed by atoms with van der Waals surface area (Å²) in [5.41, 5.74) is 5.36. The average molecular weight is 929 g/mol. The lowest BCUT2D eigenvalue weighted by molar-refractivity contribution is -0.254. The van der Waals surface area contributed by atoms with E-state index in [0.29, 0.717) is 20.9 Å². The van der Waals surface area contributed by atoms with Gasteiger partial charge in [0.1, 0.15) is 0 Å². The Morgan fingerprint density at radius 2 is 0.776 bits per heavy atom. The first-order chi connectivity index (χ1) is 32.3. The van der Waals surface area contributed by atoms with Crippen LogP contribution in [-0.4, -0.2) is 37.7 Å². The second-order valence-electron chi connectivity index (χ2n) is 16.5. The molecule has 10 aromatic rings. The number of pyridine rings is 4. The summed E-state index contributed by atoms with van der Waals surface area (Å²) in [5.74, 6) is -16.2. The van der Waals surface area contributed by atoms with Crippen molar-refractivity contribution in [2.75, 3.05) is 0 Å². The monoisotopic (exact) mass is 928 g/mol. The van der Waals surface area contributed by atoms with Gasteiger partial charge in [0, 0.05) is 101 Å². The molecule has 12 heteroatoms. The van der Waals surface area contributed by atoms with E-state index in [1.807, 2.05) is 109 Å². The fourth-order valence-electron chi connectivity index (χ4n) is 8.91. The number of aromatic nitrogens is 4. The van der Waals surface area contributed by atoms with E-state index in [-0.39, 0.29) is 20.9 Å². The average Bonchev–Trinajstić information content (AvgIpc) is 3.96. The number of fused-ring (bicyclic) bond motifs is 2. The number of aryl methyl sites for hydroxylation is 2. The van der Waals surface area contributed by atoms with Crippen LogP contribution in [-0.2, 0) is 0 Å². The summed E-state index contributed by atoms with van der Waals surface area (Å²) in [7, 11) is 0. The van der Waals surface area contributed by atoms with Gasteiger partial charge in [0.05, 0.1) is 11.0 Å². The topological polar surface area (TPSA) is 51.6 Å². The van der Waals surface area contributed by atoms with E-state index in [2.05, 4.69) is 19.9 Å². The van der Waals surface area contributed by atoms with Crippen molar-refractivity contribution in [1.82, 2.24) is 19.9 Å². The molecule has 0 atom stereocenters. The van der Waals surface area contributed by atoms with E-state index in [1.54, 1.807) is 49.3 Å². The summed E-state index contributed by atoms with van der Waals surface area (Å²) in [4.78, 5) is 19.1. The van der Waals surface area contributed by atoms with Gasteiger partial charge in [-0.05, 0) is 143 Å². The summed E-state index contributed by atoms with van der Waals surface area (Å²) < 4.78 is 98.0. The fourth-order valence-corrected chi connectivity index (χ4v) is 10.9. The van der Waals surface area contributed by atoms with Crippen molar-refractivity contribution in [1.29, 1.82) is 0 Å². The van der Waals surface area contributed by atoms with E-state index in [1.165, 1.54) is 26.0 Å².